The highest BCUT2D eigenvalue weighted by molar-refractivity contribution is 7.13. The van der Waals surface area contributed by atoms with Crippen molar-refractivity contribution in [1.29, 1.82) is 5.26 Å². The number of para-hydroxylation sites is 1. The van der Waals surface area contributed by atoms with Gasteiger partial charge in [-0.25, -0.2) is 9.67 Å². The Kier molecular flexibility index (Phi) is 5.57. The number of fused-ring (bicyclic) bond motifs is 1. The molecule has 0 bridgehead atoms. The molecule has 0 fully saturated rings. The van der Waals surface area contributed by atoms with E-state index in [-0.39, 0.29) is 5.57 Å². The summed E-state index contributed by atoms with van der Waals surface area (Å²) in [5.74, 6) is 0.767. The molecule has 1 aliphatic rings. The van der Waals surface area contributed by atoms with Gasteiger partial charge in [-0.3, -0.25) is 10.1 Å². The van der Waals surface area contributed by atoms with Crippen LogP contribution in [0.15, 0.2) is 71.9 Å². The molecule has 0 saturated carbocycles. The van der Waals surface area contributed by atoms with Gasteiger partial charge in [0.1, 0.15) is 30.6 Å². The van der Waals surface area contributed by atoms with Crippen molar-refractivity contribution in [3.63, 3.8) is 0 Å². The number of carbonyl (C=O) groups is 1. The molecule has 162 valence electrons. The van der Waals surface area contributed by atoms with Crippen LogP contribution >= 0.6 is 11.3 Å². The van der Waals surface area contributed by atoms with Crippen LogP contribution in [0.1, 0.15) is 5.56 Å². The van der Waals surface area contributed by atoms with E-state index in [4.69, 9.17) is 14.6 Å². The number of nitrogens with zero attached hydrogens (tertiary/aromatic N) is 4. The maximum absolute atomic E-state index is 12.7. The largest absolute Gasteiger partial charge is 0.486 e. The molecule has 4 aromatic rings. The van der Waals surface area contributed by atoms with Crippen molar-refractivity contribution in [3.8, 4) is 34.5 Å². The summed E-state index contributed by atoms with van der Waals surface area (Å²) in [6.45, 7) is 0.972. The van der Waals surface area contributed by atoms with Crippen LogP contribution in [0.4, 0.5) is 5.13 Å². The fraction of sp³-hybridized carbons (Fsp3) is 0.0833. The van der Waals surface area contributed by atoms with Crippen LogP contribution in [0.5, 0.6) is 11.5 Å². The standard InChI is InChI=1S/C24H17N5O3S/c25-14-17(23(30)27-24-26-8-11-33-24)12-18-15-29(19-4-2-1-3-5-19)28-22(18)16-6-7-20-21(13-16)32-10-9-31-20/h1-8,11-13,15H,9-10H2,(H,26,27,30). The lowest BCUT2D eigenvalue weighted by atomic mass is 10.0. The van der Waals surface area contributed by atoms with Gasteiger partial charge < -0.3 is 9.47 Å². The molecule has 0 saturated heterocycles. The Morgan fingerprint density at radius 3 is 2.73 bits per heavy atom. The van der Waals surface area contributed by atoms with Crippen LogP contribution < -0.4 is 14.8 Å². The number of thiazole rings is 1. The van der Waals surface area contributed by atoms with E-state index in [1.54, 1.807) is 22.5 Å². The van der Waals surface area contributed by atoms with Gasteiger partial charge in [-0.1, -0.05) is 18.2 Å². The third kappa shape index (κ3) is 4.33. The summed E-state index contributed by atoms with van der Waals surface area (Å²) in [5.41, 5.74) is 2.78. The predicted molar refractivity (Wildman–Crippen MR) is 124 cm³/mol. The molecule has 0 aliphatic carbocycles. The zero-order chi connectivity index (χ0) is 22.6. The first-order valence-electron chi connectivity index (χ1n) is 10.1. The van der Waals surface area contributed by atoms with Gasteiger partial charge in [0, 0.05) is 28.9 Å². The summed E-state index contributed by atoms with van der Waals surface area (Å²) in [4.78, 5) is 16.7. The molecule has 0 spiro atoms. The quantitative estimate of drug-likeness (QED) is 0.355. The maximum atomic E-state index is 12.7. The fourth-order valence-electron chi connectivity index (χ4n) is 3.37. The van der Waals surface area contributed by atoms with Gasteiger partial charge >= 0.3 is 0 Å². The van der Waals surface area contributed by atoms with E-state index in [1.807, 2.05) is 54.6 Å². The van der Waals surface area contributed by atoms with E-state index < -0.39 is 5.91 Å². The van der Waals surface area contributed by atoms with E-state index in [0.717, 1.165) is 11.3 Å². The number of hydrogen-bond donors (Lipinski definition) is 1. The van der Waals surface area contributed by atoms with Gasteiger partial charge in [0.15, 0.2) is 16.6 Å². The number of hydrogen-bond acceptors (Lipinski definition) is 7. The first kappa shape index (κ1) is 20.5. The van der Waals surface area contributed by atoms with Crippen molar-refractivity contribution in [1.82, 2.24) is 14.8 Å². The molecule has 0 atom stereocenters. The highest BCUT2D eigenvalue weighted by atomic mass is 32.1. The van der Waals surface area contributed by atoms with Crippen molar-refractivity contribution >= 4 is 28.5 Å². The van der Waals surface area contributed by atoms with Crippen LogP contribution in [0.2, 0.25) is 0 Å². The van der Waals surface area contributed by atoms with Gasteiger partial charge in [0.25, 0.3) is 5.91 Å². The molecule has 33 heavy (non-hydrogen) atoms. The molecule has 5 rings (SSSR count). The number of nitrogens with one attached hydrogen (secondary N) is 1. The van der Waals surface area contributed by atoms with Crippen molar-refractivity contribution in [2.24, 2.45) is 0 Å². The van der Waals surface area contributed by atoms with Crippen LogP contribution in [0.25, 0.3) is 23.0 Å². The molecule has 8 nitrogen and oxygen atoms in total. The predicted octanol–water partition coefficient (Wildman–Crippen LogP) is 4.31. The lowest BCUT2D eigenvalue weighted by Crippen LogP contribution is -2.15. The van der Waals surface area contributed by atoms with Gasteiger partial charge in [0.2, 0.25) is 0 Å². The van der Waals surface area contributed by atoms with E-state index >= 15 is 0 Å². The second kappa shape index (κ2) is 8.98. The minimum absolute atomic E-state index is 0.0587. The Labute approximate surface area is 193 Å². The molecular weight excluding hydrogens is 438 g/mol. The summed E-state index contributed by atoms with van der Waals surface area (Å²) in [6, 6.07) is 17.2. The summed E-state index contributed by atoms with van der Waals surface area (Å²) in [6.07, 6.45) is 4.90. The number of ether oxygens (including phenoxy) is 2. The normalized spacial score (nSPS) is 12.8. The van der Waals surface area contributed by atoms with E-state index in [1.165, 1.54) is 17.4 Å². The van der Waals surface area contributed by atoms with E-state index in [2.05, 4.69) is 10.3 Å². The molecule has 0 radical (unpaired) electrons. The van der Waals surface area contributed by atoms with Crippen molar-refractivity contribution in [2.45, 2.75) is 0 Å². The third-order valence-corrected chi connectivity index (χ3v) is 5.59. The molecule has 2 aromatic carbocycles. The zero-order valence-corrected chi connectivity index (χ0v) is 18.1. The van der Waals surface area contributed by atoms with Crippen LogP contribution in [0.3, 0.4) is 0 Å². The van der Waals surface area contributed by atoms with Gasteiger partial charge in [0.05, 0.1) is 5.69 Å². The second-order valence-corrected chi connectivity index (χ2v) is 7.93. The van der Waals surface area contributed by atoms with Crippen LogP contribution in [0, 0.1) is 11.3 Å². The Morgan fingerprint density at radius 2 is 1.97 bits per heavy atom. The molecule has 2 aromatic heterocycles. The Bertz CT molecular complexity index is 1370. The summed E-state index contributed by atoms with van der Waals surface area (Å²) in [5, 5.41) is 19.2. The molecule has 0 unspecified atom stereocenters. The molecular formula is C24H17N5O3S. The van der Waals surface area contributed by atoms with Crippen LogP contribution in [-0.2, 0) is 4.79 Å². The zero-order valence-electron chi connectivity index (χ0n) is 17.3. The lowest BCUT2D eigenvalue weighted by Gasteiger charge is -2.18. The van der Waals surface area contributed by atoms with Crippen LogP contribution in [-0.4, -0.2) is 33.9 Å². The Morgan fingerprint density at radius 1 is 1.15 bits per heavy atom. The molecule has 1 aliphatic heterocycles. The average molecular weight is 455 g/mol. The van der Waals surface area contributed by atoms with Gasteiger partial charge in [-0.15, -0.1) is 11.3 Å². The van der Waals surface area contributed by atoms with E-state index in [0.29, 0.717) is 41.1 Å². The second-order valence-electron chi connectivity index (χ2n) is 7.03. The lowest BCUT2D eigenvalue weighted by molar-refractivity contribution is -0.112. The SMILES string of the molecule is N#CC(=Cc1cn(-c2ccccc2)nc1-c1ccc2c(c1)OCCO2)C(=O)Nc1nccs1. The number of nitriles is 1. The molecule has 3 heterocycles. The summed E-state index contributed by atoms with van der Waals surface area (Å²) >= 11 is 1.28. The highest BCUT2D eigenvalue weighted by Crippen LogP contribution is 2.36. The highest BCUT2D eigenvalue weighted by Gasteiger charge is 2.18. The number of anilines is 1. The topological polar surface area (TPSA) is 102 Å². The number of benzene rings is 2. The fourth-order valence-corrected chi connectivity index (χ4v) is 3.90. The third-order valence-electron chi connectivity index (χ3n) is 4.90. The summed E-state index contributed by atoms with van der Waals surface area (Å²) in [7, 11) is 0. The number of amides is 1. The first-order valence-corrected chi connectivity index (χ1v) is 11.0. The summed E-state index contributed by atoms with van der Waals surface area (Å²) < 4.78 is 13.1. The minimum atomic E-state index is -0.534. The molecule has 1 N–H and O–H groups in total. The molecule has 9 heteroatoms. The maximum Gasteiger partial charge on any atom is 0.268 e. The Balaban J connectivity index is 1.58. The van der Waals surface area contributed by atoms with Crippen molar-refractivity contribution in [3.05, 3.63) is 77.4 Å². The monoisotopic (exact) mass is 455 g/mol. The average Bonchev–Trinajstić information content (AvgIpc) is 3.53. The van der Waals surface area contributed by atoms with Crippen molar-refractivity contribution in [2.75, 3.05) is 18.5 Å². The number of aromatic nitrogens is 3. The van der Waals surface area contributed by atoms with Crippen molar-refractivity contribution < 1.29 is 14.3 Å². The van der Waals surface area contributed by atoms with Gasteiger partial charge in [-0.05, 0) is 36.4 Å². The minimum Gasteiger partial charge on any atom is -0.486 e. The molecule has 1 amide bonds. The van der Waals surface area contributed by atoms with Gasteiger partial charge in [-0.2, -0.15) is 10.4 Å². The first-order chi connectivity index (χ1) is 16.2. The Hall–Kier alpha value is -4.42. The number of carbonyl (C=O) groups excluding carboxylic acids is 1. The number of rotatable bonds is 5. The smallest absolute Gasteiger partial charge is 0.268 e. The van der Waals surface area contributed by atoms with E-state index in [9.17, 15) is 10.1 Å².